The highest BCUT2D eigenvalue weighted by atomic mass is 32.2. The standard InChI is InChI=1S/C13H23N3O4S/c1-3-6-14-12-5-4-7-15-13(12)21(17,18)16-8-9-20-11-10-19-2/h4-5,7,14,16H,3,6,8-11H2,1-2H3. The van der Waals surface area contributed by atoms with E-state index in [4.69, 9.17) is 9.47 Å². The van der Waals surface area contributed by atoms with Gasteiger partial charge in [-0.2, -0.15) is 0 Å². The first-order chi connectivity index (χ1) is 10.1. The number of hydrogen-bond acceptors (Lipinski definition) is 6. The van der Waals surface area contributed by atoms with E-state index in [1.807, 2.05) is 6.92 Å². The Morgan fingerprint density at radius 3 is 2.76 bits per heavy atom. The molecule has 1 heterocycles. The topological polar surface area (TPSA) is 89.6 Å². The number of methoxy groups -OCH3 is 1. The van der Waals surface area contributed by atoms with Gasteiger partial charge in [0.15, 0.2) is 5.03 Å². The molecule has 7 nitrogen and oxygen atoms in total. The van der Waals surface area contributed by atoms with Crippen LogP contribution in [0, 0.1) is 0 Å². The van der Waals surface area contributed by atoms with Gasteiger partial charge in [0.1, 0.15) is 0 Å². The van der Waals surface area contributed by atoms with Crippen LogP contribution < -0.4 is 10.0 Å². The summed E-state index contributed by atoms with van der Waals surface area (Å²) in [6.07, 6.45) is 2.36. The van der Waals surface area contributed by atoms with Crippen LogP contribution >= 0.6 is 0 Å². The average Bonchev–Trinajstić information content (AvgIpc) is 2.49. The molecule has 0 aromatic carbocycles. The molecule has 0 radical (unpaired) electrons. The fourth-order valence-corrected chi connectivity index (χ4v) is 2.68. The van der Waals surface area contributed by atoms with Crippen molar-refractivity contribution in [3.8, 4) is 0 Å². The first kappa shape index (κ1) is 17.8. The highest BCUT2D eigenvalue weighted by molar-refractivity contribution is 7.89. The van der Waals surface area contributed by atoms with Gasteiger partial charge in [-0.05, 0) is 18.6 Å². The van der Waals surface area contributed by atoms with Gasteiger partial charge in [0.2, 0.25) is 0 Å². The van der Waals surface area contributed by atoms with Crippen LogP contribution in [0.15, 0.2) is 23.4 Å². The summed E-state index contributed by atoms with van der Waals surface area (Å²) in [5.41, 5.74) is 0.507. The molecule has 0 atom stereocenters. The second-order valence-corrected chi connectivity index (χ2v) is 5.97. The molecule has 0 bridgehead atoms. The van der Waals surface area contributed by atoms with Crippen molar-refractivity contribution in [3.05, 3.63) is 18.3 Å². The molecule has 0 saturated carbocycles. The molecular weight excluding hydrogens is 294 g/mol. The van der Waals surface area contributed by atoms with Gasteiger partial charge in [-0.3, -0.25) is 0 Å². The predicted octanol–water partition coefficient (Wildman–Crippen LogP) is 0.845. The molecule has 1 aromatic rings. The largest absolute Gasteiger partial charge is 0.383 e. The zero-order valence-electron chi connectivity index (χ0n) is 12.5. The fraction of sp³-hybridized carbons (Fsp3) is 0.615. The van der Waals surface area contributed by atoms with Crippen molar-refractivity contribution < 1.29 is 17.9 Å². The van der Waals surface area contributed by atoms with Crippen LogP contribution in [0.1, 0.15) is 13.3 Å². The molecule has 0 saturated heterocycles. The Kier molecular flexibility index (Phi) is 8.21. The van der Waals surface area contributed by atoms with Crippen LogP contribution in [0.4, 0.5) is 5.69 Å². The Morgan fingerprint density at radius 2 is 2.05 bits per heavy atom. The minimum atomic E-state index is -3.65. The van der Waals surface area contributed by atoms with Crippen LogP contribution in [0.25, 0.3) is 0 Å². The van der Waals surface area contributed by atoms with Gasteiger partial charge in [-0.25, -0.2) is 18.1 Å². The third-order valence-electron chi connectivity index (χ3n) is 2.56. The van der Waals surface area contributed by atoms with E-state index in [0.717, 1.165) is 6.42 Å². The first-order valence-electron chi connectivity index (χ1n) is 6.87. The number of anilines is 1. The highest BCUT2D eigenvalue weighted by Crippen LogP contribution is 2.17. The Bertz CT molecular complexity index is 508. The van der Waals surface area contributed by atoms with Gasteiger partial charge in [-0.15, -0.1) is 0 Å². The molecule has 1 rings (SSSR count). The minimum absolute atomic E-state index is 0.00958. The lowest BCUT2D eigenvalue weighted by Gasteiger charge is -2.11. The molecule has 0 amide bonds. The van der Waals surface area contributed by atoms with Crippen molar-refractivity contribution >= 4 is 15.7 Å². The summed E-state index contributed by atoms with van der Waals surface area (Å²) >= 11 is 0. The van der Waals surface area contributed by atoms with E-state index in [1.54, 1.807) is 19.2 Å². The molecule has 0 unspecified atom stereocenters. The van der Waals surface area contributed by atoms with Crippen molar-refractivity contribution in [2.75, 3.05) is 45.3 Å². The lowest BCUT2D eigenvalue weighted by molar-refractivity contribution is 0.0736. The number of aromatic nitrogens is 1. The van der Waals surface area contributed by atoms with Gasteiger partial charge in [0.05, 0.1) is 25.5 Å². The maximum atomic E-state index is 12.2. The van der Waals surface area contributed by atoms with Gasteiger partial charge >= 0.3 is 0 Å². The van der Waals surface area contributed by atoms with Crippen LogP contribution in [0.5, 0.6) is 0 Å². The van der Waals surface area contributed by atoms with E-state index in [1.165, 1.54) is 6.20 Å². The third kappa shape index (κ3) is 6.38. The summed E-state index contributed by atoms with van der Waals surface area (Å²) < 4.78 is 36.9. The minimum Gasteiger partial charge on any atom is -0.383 e. The molecule has 0 aliphatic carbocycles. The van der Waals surface area contributed by atoms with E-state index < -0.39 is 10.0 Å². The predicted molar refractivity (Wildman–Crippen MR) is 80.9 cm³/mol. The van der Waals surface area contributed by atoms with Crippen molar-refractivity contribution in [1.29, 1.82) is 0 Å². The Labute approximate surface area is 126 Å². The maximum Gasteiger partial charge on any atom is 0.260 e. The number of pyridine rings is 1. The second kappa shape index (κ2) is 9.67. The highest BCUT2D eigenvalue weighted by Gasteiger charge is 2.19. The monoisotopic (exact) mass is 317 g/mol. The van der Waals surface area contributed by atoms with E-state index in [2.05, 4.69) is 15.0 Å². The summed E-state index contributed by atoms with van der Waals surface area (Å²) in [6.45, 7) is 4.09. The average molecular weight is 317 g/mol. The molecule has 0 aliphatic heterocycles. The van der Waals surface area contributed by atoms with Gasteiger partial charge in [-0.1, -0.05) is 6.92 Å². The molecule has 21 heavy (non-hydrogen) atoms. The normalized spacial score (nSPS) is 11.5. The number of nitrogens with one attached hydrogen (secondary N) is 2. The Morgan fingerprint density at radius 1 is 1.24 bits per heavy atom. The van der Waals surface area contributed by atoms with Crippen LogP contribution in [0.2, 0.25) is 0 Å². The summed E-state index contributed by atoms with van der Waals surface area (Å²) in [5, 5.41) is 3.07. The quantitative estimate of drug-likeness (QED) is 0.588. The molecule has 8 heteroatoms. The summed E-state index contributed by atoms with van der Waals surface area (Å²) in [7, 11) is -2.07. The lowest BCUT2D eigenvalue weighted by Crippen LogP contribution is -2.29. The zero-order valence-corrected chi connectivity index (χ0v) is 13.3. The number of ether oxygens (including phenoxy) is 2. The van der Waals surface area contributed by atoms with Crippen molar-refractivity contribution in [2.45, 2.75) is 18.4 Å². The molecule has 0 spiro atoms. The van der Waals surface area contributed by atoms with E-state index in [0.29, 0.717) is 25.4 Å². The summed E-state index contributed by atoms with van der Waals surface area (Å²) in [5.74, 6) is 0. The number of nitrogens with zero attached hydrogens (tertiary/aromatic N) is 1. The fourth-order valence-electron chi connectivity index (χ4n) is 1.56. The van der Waals surface area contributed by atoms with E-state index >= 15 is 0 Å². The zero-order chi connectivity index (χ0) is 15.6. The number of sulfonamides is 1. The molecule has 1 aromatic heterocycles. The number of rotatable bonds is 11. The SMILES string of the molecule is CCCNc1cccnc1S(=O)(=O)NCCOCCOC. The van der Waals surface area contributed by atoms with Crippen molar-refractivity contribution in [2.24, 2.45) is 0 Å². The summed E-state index contributed by atoms with van der Waals surface area (Å²) in [6, 6.07) is 3.40. The molecule has 0 aliphatic rings. The maximum absolute atomic E-state index is 12.2. The Balaban J connectivity index is 2.57. The smallest absolute Gasteiger partial charge is 0.260 e. The van der Waals surface area contributed by atoms with Gasteiger partial charge in [0, 0.05) is 26.4 Å². The first-order valence-corrected chi connectivity index (χ1v) is 8.35. The van der Waals surface area contributed by atoms with E-state index in [9.17, 15) is 8.42 Å². The van der Waals surface area contributed by atoms with Crippen LogP contribution in [-0.4, -0.2) is 53.4 Å². The van der Waals surface area contributed by atoms with Gasteiger partial charge < -0.3 is 14.8 Å². The van der Waals surface area contributed by atoms with Crippen molar-refractivity contribution in [3.63, 3.8) is 0 Å². The molecular formula is C13H23N3O4S. The lowest BCUT2D eigenvalue weighted by atomic mass is 10.4. The van der Waals surface area contributed by atoms with Crippen molar-refractivity contribution in [1.82, 2.24) is 9.71 Å². The van der Waals surface area contributed by atoms with Gasteiger partial charge in [0.25, 0.3) is 10.0 Å². The third-order valence-corrected chi connectivity index (χ3v) is 3.98. The molecule has 120 valence electrons. The Hall–Kier alpha value is -1.22. The molecule has 0 fully saturated rings. The van der Waals surface area contributed by atoms with Crippen LogP contribution in [0.3, 0.4) is 0 Å². The summed E-state index contributed by atoms with van der Waals surface area (Å²) in [4.78, 5) is 3.96. The molecule has 2 N–H and O–H groups in total. The van der Waals surface area contributed by atoms with E-state index in [-0.39, 0.29) is 18.2 Å². The second-order valence-electron chi connectivity index (χ2n) is 4.29. The number of hydrogen-bond donors (Lipinski definition) is 2. The van der Waals surface area contributed by atoms with Crippen LogP contribution in [-0.2, 0) is 19.5 Å².